The number of ether oxygens (including phenoxy) is 1. The van der Waals surface area contributed by atoms with Gasteiger partial charge in [-0.15, -0.1) is 0 Å². The molecule has 6 heteroatoms. The minimum Gasteiger partial charge on any atom is -0.493 e. The zero-order valence-electron chi connectivity index (χ0n) is 13.4. The number of H-pyrrole nitrogens is 1. The molecule has 6 nitrogen and oxygen atoms in total. The summed E-state index contributed by atoms with van der Waals surface area (Å²) in [5.41, 5.74) is 2.79. The second-order valence-corrected chi connectivity index (χ2v) is 5.88. The van der Waals surface area contributed by atoms with Gasteiger partial charge in [-0.05, 0) is 50.1 Å². The topological polar surface area (TPSA) is 79.9 Å². The van der Waals surface area contributed by atoms with Gasteiger partial charge >= 0.3 is 0 Å². The fraction of sp³-hybridized carbons (Fsp3) is 0.278. The minimum absolute atomic E-state index is 0.241. The van der Waals surface area contributed by atoms with E-state index in [0.717, 1.165) is 29.7 Å². The van der Waals surface area contributed by atoms with Crippen molar-refractivity contribution in [2.75, 3.05) is 11.9 Å². The number of carbonyl (C=O) groups excluding carboxylic acids is 1. The van der Waals surface area contributed by atoms with Crippen LogP contribution < -0.4 is 10.1 Å². The summed E-state index contributed by atoms with van der Waals surface area (Å²) in [4.78, 5) is 16.9. The van der Waals surface area contributed by atoms with Crippen LogP contribution in [0.1, 0.15) is 41.9 Å². The lowest BCUT2D eigenvalue weighted by Crippen LogP contribution is -2.13. The predicted molar refractivity (Wildman–Crippen MR) is 91.4 cm³/mol. The van der Waals surface area contributed by atoms with Gasteiger partial charge < -0.3 is 10.1 Å². The molecular formula is C18H18N4O2. The lowest BCUT2D eigenvalue weighted by molar-refractivity contribution is 0.102. The second kappa shape index (κ2) is 5.96. The molecule has 0 unspecified atom stereocenters. The molecule has 1 saturated carbocycles. The van der Waals surface area contributed by atoms with Crippen LogP contribution in [-0.2, 0) is 0 Å². The lowest BCUT2D eigenvalue weighted by atomic mass is 10.1. The molecule has 1 aliphatic carbocycles. The third-order valence-corrected chi connectivity index (χ3v) is 4.13. The number of carbonyl (C=O) groups is 1. The predicted octanol–water partition coefficient (Wildman–Crippen LogP) is 3.49. The minimum atomic E-state index is -0.241. The molecule has 3 aromatic rings. The lowest BCUT2D eigenvalue weighted by Gasteiger charge is -2.11. The van der Waals surface area contributed by atoms with Crippen molar-refractivity contribution < 1.29 is 9.53 Å². The highest BCUT2D eigenvalue weighted by Crippen LogP contribution is 2.39. The van der Waals surface area contributed by atoms with Gasteiger partial charge in [-0.1, -0.05) is 0 Å². The monoisotopic (exact) mass is 322 g/mol. The molecule has 2 heterocycles. The van der Waals surface area contributed by atoms with E-state index in [1.54, 1.807) is 6.20 Å². The van der Waals surface area contributed by atoms with E-state index in [0.29, 0.717) is 29.4 Å². The van der Waals surface area contributed by atoms with Crippen LogP contribution in [0.25, 0.3) is 10.9 Å². The molecule has 0 aliphatic heterocycles. The first-order chi connectivity index (χ1) is 11.8. The zero-order chi connectivity index (χ0) is 16.5. The summed E-state index contributed by atoms with van der Waals surface area (Å²) in [5, 5.41) is 10.8. The Kier molecular flexibility index (Phi) is 3.65. The van der Waals surface area contributed by atoms with E-state index in [9.17, 15) is 4.79 Å². The first-order valence-corrected chi connectivity index (χ1v) is 8.13. The smallest absolute Gasteiger partial charge is 0.276 e. The number of hydrogen-bond acceptors (Lipinski definition) is 4. The van der Waals surface area contributed by atoms with Crippen molar-refractivity contribution in [3.8, 4) is 5.75 Å². The quantitative estimate of drug-likeness (QED) is 0.753. The van der Waals surface area contributed by atoms with E-state index in [1.807, 2.05) is 37.3 Å². The van der Waals surface area contributed by atoms with Crippen molar-refractivity contribution in [2.24, 2.45) is 0 Å². The van der Waals surface area contributed by atoms with Gasteiger partial charge in [-0.25, -0.2) is 0 Å². The van der Waals surface area contributed by atoms with Crippen molar-refractivity contribution in [3.63, 3.8) is 0 Å². The third-order valence-electron chi connectivity index (χ3n) is 4.13. The molecule has 2 N–H and O–H groups in total. The summed E-state index contributed by atoms with van der Waals surface area (Å²) in [5.74, 6) is 1.05. The highest BCUT2D eigenvalue weighted by Gasteiger charge is 2.26. The van der Waals surface area contributed by atoms with E-state index in [-0.39, 0.29) is 5.91 Å². The van der Waals surface area contributed by atoms with E-state index >= 15 is 0 Å². The van der Waals surface area contributed by atoms with Crippen molar-refractivity contribution >= 4 is 22.5 Å². The molecule has 1 fully saturated rings. The zero-order valence-corrected chi connectivity index (χ0v) is 13.4. The number of aromatic amines is 1. The van der Waals surface area contributed by atoms with Gasteiger partial charge in [0, 0.05) is 23.2 Å². The molecule has 1 amide bonds. The summed E-state index contributed by atoms with van der Waals surface area (Å²) in [7, 11) is 0. The fourth-order valence-electron chi connectivity index (χ4n) is 2.77. The normalized spacial score (nSPS) is 13.9. The Morgan fingerprint density at radius 1 is 1.38 bits per heavy atom. The van der Waals surface area contributed by atoms with Gasteiger partial charge in [0.1, 0.15) is 5.75 Å². The van der Waals surface area contributed by atoms with Crippen LogP contribution in [0.4, 0.5) is 5.69 Å². The molecule has 0 spiro atoms. The summed E-state index contributed by atoms with van der Waals surface area (Å²) in [6.45, 7) is 2.51. The molecule has 2 aromatic heterocycles. The second-order valence-electron chi connectivity index (χ2n) is 5.88. The van der Waals surface area contributed by atoms with Crippen molar-refractivity contribution in [3.05, 3.63) is 47.9 Å². The van der Waals surface area contributed by atoms with Gasteiger partial charge in [-0.2, -0.15) is 5.10 Å². The number of aromatic nitrogens is 3. The van der Waals surface area contributed by atoms with Crippen LogP contribution >= 0.6 is 0 Å². The largest absolute Gasteiger partial charge is 0.493 e. The van der Waals surface area contributed by atoms with E-state index < -0.39 is 0 Å². The molecule has 1 aliphatic rings. The van der Waals surface area contributed by atoms with E-state index in [1.165, 1.54) is 0 Å². The number of rotatable bonds is 5. The number of pyridine rings is 1. The average Bonchev–Trinajstić information content (AvgIpc) is 3.34. The van der Waals surface area contributed by atoms with Crippen molar-refractivity contribution in [1.29, 1.82) is 0 Å². The summed E-state index contributed by atoms with van der Waals surface area (Å²) >= 11 is 0. The highest BCUT2D eigenvalue weighted by atomic mass is 16.5. The number of nitrogens with one attached hydrogen (secondary N) is 2. The third kappa shape index (κ3) is 2.71. The molecule has 0 atom stereocenters. The molecule has 0 bridgehead atoms. The maximum atomic E-state index is 12.5. The Labute approximate surface area is 139 Å². The first-order valence-electron chi connectivity index (χ1n) is 8.13. The van der Waals surface area contributed by atoms with Crippen LogP contribution in [0, 0.1) is 0 Å². The number of benzene rings is 1. The van der Waals surface area contributed by atoms with Crippen molar-refractivity contribution in [2.45, 2.75) is 25.7 Å². The van der Waals surface area contributed by atoms with Crippen LogP contribution in [0.5, 0.6) is 5.75 Å². The van der Waals surface area contributed by atoms with Gasteiger partial charge in [0.05, 0.1) is 17.8 Å². The molecule has 4 rings (SSSR count). The van der Waals surface area contributed by atoms with Crippen LogP contribution in [0.15, 0.2) is 36.5 Å². The standard InChI is InChI=1S/C18H18N4O2/c1-2-24-16-8-7-13(17-12(16)4-3-9-19-17)20-18(23)15-10-14(21-22-15)11-5-6-11/h3-4,7-11H,2,5-6H2,1H3,(H,20,23)(H,21,22). The van der Waals surface area contributed by atoms with Crippen LogP contribution in [-0.4, -0.2) is 27.7 Å². The Morgan fingerprint density at radius 3 is 3.04 bits per heavy atom. The number of anilines is 1. The Bertz CT molecular complexity index is 899. The van der Waals surface area contributed by atoms with Crippen molar-refractivity contribution in [1.82, 2.24) is 15.2 Å². The number of fused-ring (bicyclic) bond motifs is 1. The maximum absolute atomic E-state index is 12.5. The number of hydrogen-bond donors (Lipinski definition) is 2. The van der Waals surface area contributed by atoms with Gasteiger partial charge in [0.25, 0.3) is 5.91 Å². The Hall–Kier alpha value is -2.89. The summed E-state index contributed by atoms with van der Waals surface area (Å²) < 4.78 is 5.63. The molecule has 24 heavy (non-hydrogen) atoms. The number of amides is 1. The highest BCUT2D eigenvalue weighted by molar-refractivity contribution is 6.08. The molecule has 0 radical (unpaired) electrons. The van der Waals surface area contributed by atoms with E-state index in [2.05, 4.69) is 20.5 Å². The summed E-state index contributed by atoms with van der Waals surface area (Å²) in [6, 6.07) is 9.28. The van der Waals surface area contributed by atoms with Crippen LogP contribution in [0.2, 0.25) is 0 Å². The Balaban J connectivity index is 1.63. The SMILES string of the molecule is CCOc1ccc(NC(=O)c2cc(C3CC3)[nH]n2)c2ncccc12. The average molecular weight is 322 g/mol. The van der Waals surface area contributed by atoms with Gasteiger partial charge in [0.2, 0.25) is 0 Å². The van der Waals surface area contributed by atoms with Crippen LogP contribution in [0.3, 0.4) is 0 Å². The van der Waals surface area contributed by atoms with Gasteiger partial charge in [0.15, 0.2) is 5.69 Å². The maximum Gasteiger partial charge on any atom is 0.276 e. The molecule has 0 saturated heterocycles. The number of nitrogens with zero attached hydrogens (tertiary/aromatic N) is 2. The first kappa shape index (κ1) is 14.7. The van der Waals surface area contributed by atoms with E-state index in [4.69, 9.17) is 4.74 Å². The molecular weight excluding hydrogens is 304 g/mol. The fourth-order valence-corrected chi connectivity index (χ4v) is 2.77. The Morgan fingerprint density at radius 2 is 2.25 bits per heavy atom. The summed E-state index contributed by atoms with van der Waals surface area (Å²) in [6.07, 6.45) is 4.03. The molecule has 122 valence electrons. The van der Waals surface area contributed by atoms with Gasteiger partial charge in [-0.3, -0.25) is 14.9 Å². The molecule has 1 aromatic carbocycles.